The van der Waals surface area contributed by atoms with Crippen LogP contribution in [-0.2, 0) is 18.3 Å². The number of hydrogen-bond donors (Lipinski definition) is 2. The second-order valence-electron chi connectivity index (χ2n) is 10.8. The zero-order valence-electron chi connectivity index (χ0n) is 21.4. The molecule has 1 unspecified atom stereocenters. The third-order valence-electron chi connectivity index (χ3n) is 8.48. The Labute approximate surface area is 251 Å². The van der Waals surface area contributed by atoms with Crippen molar-refractivity contribution in [1.82, 2.24) is 5.32 Å². The smallest absolute Gasteiger partial charge is 0.383 e. The van der Waals surface area contributed by atoms with Crippen LogP contribution in [0, 0.1) is 48.7 Å². The Kier molecular flexibility index (Phi) is 8.52. The van der Waals surface area contributed by atoms with Crippen LogP contribution in [0.3, 0.4) is 0 Å². The van der Waals surface area contributed by atoms with Gasteiger partial charge in [-0.15, -0.1) is 11.8 Å². The first-order valence-electron chi connectivity index (χ1n) is 12.9. The van der Waals surface area contributed by atoms with Gasteiger partial charge in [0.2, 0.25) is 0 Å². The van der Waals surface area contributed by atoms with Crippen molar-refractivity contribution in [3.8, 4) is 0 Å². The number of hydrogen-bond acceptors (Lipinski definition) is 3. The first-order valence-corrected chi connectivity index (χ1v) is 12.9. The van der Waals surface area contributed by atoms with Crippen LogP contribution in [0.5, 0.6) is 0 Å². The second kappa shape index (κ2) is 11.1. The quantitative estimate of drug-likeness (QED) is 0.377. The van der Waals surface area contributed by atoms with Gasteiger partial charge in [0.05, 0.1) is 5.70 Å². The van der Waals surface area contributed by atoms with Crippen LogP contribution in [0.15, 0.2) is 64.9 Å². The van der Waals surface area contributed by atoms with Gasteiger partial charge >= 0.3 is 6.18 Å². The summed E-state index contributed by atoms with van der Waals surface area (Å²) in [5.41, 5.74) is 1.86. The average molecular weight is 679 g/mol. The van der Waals surface area contributed by atoms with Crippen LogP contribution < -0.4 is 5.32 Å². The number of benzene rings is 2. The zero-order chi connectivity index (χ0) is 26.4. The van der Waals surface area contributed by atoms with Gasteiger partial charge < -0.3 is 10.4 Å². The maximum absolute atomic E-state index is 13.8. The van der Waals surface area contributed by atoms with Crippen molar-refractivity contribution in [2.75, 3.05) is 0 Å². The van der Waals surface area contributed by atoms with E-state index in [1.165, 1.54) is 0 Å². The van der Waals surface area contributed by atoms with Crippen LogP contribution >= 0.6 is 0 Å². The molecule has 0 saturated heterocycles. The molecule has 4 nitrogen and oxygen atoms in total. The van der Waals surface area contributed by atoms with Gasteiger partial charge in [-0.05, 0) is 49.4 Å². The summed E-state index contributed by atoms with van der Waals surface area (Å²) in [6.07, 6.45) is -1.01. The summed E-state index contributed by atoms with van der Waals surface area (Å²) in [7, 11) is 0. The van der Waals surface area contributed by atoms with Gasteiger partial charge in [0.1, 0.15) is 5.60 Å². The SMILES string of the molecule is CC1=C(NC(=O)c2ccc3c(c2)CC[C-]2C[C@@](O)(C(F)(F)F)CC[C@@]32Cc2ccccc2)C(C)CC=N1.[Tm]. The number of alkyl halides is 3. The van der Waals surface area contributed by atoms with Gasteiger partial charge in [-0.2, -0.15) is 19.6 Å². The molecule has 1 fully saturated rings. The minimum atomic E-state index is -4.67. The Morgan fingerprint density at radius 2 is 1.92 bits per heavy atom. The van der Waals surface area contributed by atoms with Crippen molar-refractivity contribution >= 4 is 12.1 Å². The molecule has 0 spiro atoms. The number of aliphatic hydroxyl groups is 1. The standard InChI is InChI=1S/C30H32F3N2O2.Tm/c1-19-12-15-34-20(2)26(19)35-27(36)23-9-11-25-22(16-23)8-10-24-18-29(37,30(31,32)33)14-13-28(24,25)17-21-6-4-3-5-7-21;/h3-7,9,11,15-16,19,37H,8,10,12-14,17-18H2,1-2H3,(H,35,36);/q-1;/t19?,28-,29+;/m0./s1. The predicted molar refractivity (Wildman–Crippen MR) is 137 cm³/mol. The molecule has 1 heterocycles. The molecule has 2 aliphatic carbocycles. The van der Waals surface area contributed by atoms with Crippen molar-refractivity contribution in [3.05, 3.63) is 88.1 Å². The number of aliphatic imine (C=N–C) groups is 1. The average Bonchev–Trinajstić information content (AvgIpc) is 2.86. The van der Waals surface area contributed by atoms with Crippen LogP contribution in [0.25, 0.3) is 0 Å². The summed E-state index contributed by atoms with van der Waals surface area (Å²) >= 11 is 0. The van der Waals surface area contributed by atoms with Gasteiger partial charge in [-0.3, -0.25) is 15.7 Å². The number of halogens is 3. The molecule has 2 N–H and O–H groups in total. The summed E-state index contributed by atoms with van der Waals surface area (Å²) < 4.78 is 41.4. The monoisotopic (exact) mass is 678 g/mol. The van der Waals surface area contributed by atoms with Gasteiger partial charge in [-0.25, -0.2) is 0 Å². The number of carbonyl (C=O) groups is 1. The Morgan fingerprint density at radius 3 is 2.61 bits per heavy atom. The molecule has 38 heavy (non-hydrogen) atoms. The molecule has 0 bridgehead atoms. The molecular formula is C30H32F3N2O2Tm-. The van der Waals surface area contributed by atoms with E-state index >= 15 is 0 Å². The zero-order valence-corrected chi connectivity index (χ0v) is 23.2. The Morgan fingerprint density at radius 1 is 1.18 bits per heavy atom. The normalized spacial score (nSPS) is 27.3. The Hall–Kier alpha value is -1.70. The van der Waals surface area contributed by atoms with E-state index in [0.29, 0.717) is 24.8 Å². The summed E-state index contributed by atoms with van der Waals surface area (Å²) in [6, 6.07) is 15.4. The summed E-state index contributed by atoms with van der Waals surface area (Å²) in [6.45, 7) is 3.93. The summed E-state index contributed by atoms with van der Waals surface area (Å²) in [5, 5.41) is 13.6. The van der Waals surface area contributed by atoms with Crippen LogP contribution in [0.4, 0.5) is 13.2 Å². The second-order valence-corrected chi connectivity index (χ2v) is 10.8. The van der Waals surface area contributed by atoms with E-state index in [1.54, 1.807) is 6.07 Å². The predicted octanol–water partition coefficient (Wildman–Crippen LogP) is 6.24. The number of fused-ring (bicyclic) bond motifs is 3. The molecule has 3 atom stereocenters. The van der Waals surface area contributed by atoms with Crippen LogP contribution in [-0.4, -0.2) is 29.0 Å². The largest absolute Gasteiger partial charge is 0.414 e. The van der Waals surface area contributed by atoms with Crippen LogP contribution in [0.1, 0.15) is 73.0 Å². The Balaban J connectivity index is 0.00000336. The molecule has 1 radical (unpaired) electrons. The van der Waals surface area contributed by atoms with Gasteiger partial charge in [0, 0.05) is 60.3 Å². The van der Waals surface area contributed by atoms with Crippen LogP contribution in [0.2, 0.25) is 0 Å². The Bertz CT molecular complexity index is 1260. The molecule has 2 aromatic carbocycles. The first-order chi connectivity index (χ1) is 17.5. The van der Waals surface area contributed by atoms with Gasteiger partial charge in [0.15, 0.2) is 0 Å². The fraction of sp³-hybridized carbons (Fsp3) is 0.433. The van der Waals surface area contributed by atoms with Gasteiger partial charge in [0.25, 0.3) is 5.91 Å². The summed E-state index contributed by atoms with van der Waals surface area (Å²) in [5.74, 6) is 0.713. The molecule has 1 aliphatic heterocycles. The molecule has 1 amide bonds. The molecule has 3 aliphatic rings. The van der Waals surface area contributed by atoms with E-state index in [2.05, 4.69) is 10.3 Å². The van der Waals surface area contributed by atoms with E-state index in [4.69, 9.17) is 0 Å². The number of rotatable bonds is 4. The minimum Gasteiger partial charge on any atom is -0.383 e. The third kappa shape index (κ3) is 5.35. The fourth-order valence-electron chi connectivity index (χ4n) is 6.35. The van der Waals surface area contributed by atoms with Crippen molar-refractivity contribution in [1.29, 1.82) is 0 Å². The van der Waals surface area contributed by atoms with E-state index in [0.717, 1.165) is 40.4 Å². The molecule has 2 aromatic rings. The molecule has 8 heteroatoms. The maximum atomic E-state index is 13.8. The molecular weight excluding hydrogens is 646 g/mol. The molecule has 0 aromatic heterocycles. The fourth-order valence-corrected chi connectivity index (χ4v) is 6.35. The third-order valence-corrected chi connectivity index (χ3v) is 8.48. The molecule has 5 rings (SSSR count). The molecule has 209 valence electrons. The topological polar surface area (TPSA) is 61.7 Å². The minimum absolute atomic E-state index is 0. The van der Waals surface area contributed by atoms with Crippen molar-refractivity contribution in [2.24, 2.45) is 10.9 Å². The number of amides is 1. The van der Waals surface area contributed by atoms with E-state index < -0.39 is 17.2 Å². The first kappa shape index (κ1) is 29.3. The van der Waals surface area contributed by atoms with E-state index in [-0.39, 0.29) is 68.0 Å². The van der Waals surface area contributed by atoms with Crippen molar-refractivity contribution in [3.63, 3.8) is 0 Å². The molecule has 1 saturated carbocycles. The van der Waals surface area contributed by atoms with Gasteiger partial charge in [-0.1, -0.05) is 61.7 Å². The number of aryl methyl sites for hydroxylation is 1. The number of nitrogens with zero attached hydrogens (tertiary/aromatic N) is 1. The van der Waals surface area contributed by atoms with Crippen molar-refractivity contribution < 1.29 is 59.9 Å². The van der Waals surface area contributed by atoms with E-state index in [1.807, 2.05) is 62.5 Å². The number of carbonyl (C=O) groups excluding carboxylic acids is 1. The summed E-state index contributed by atoms with van der Waals surface area (Å²) in [4.78, 5) is 17.5. The van der Waals surface area contributed by atoms with E-state index in [9.17, 15) is 23.1 Å². The van der Waals surface area contributed by atoms with Crippen molar-refractivity contribution in [2.45, 2.75) is 76.0 Å². The maximum Gasteiger partial charge on any atom is 0.414 e. The number of allylic oxidation sites excluding steroid dienone is 2. The number of nitrogens with one attached hydrogen (secondary N) is 1.